The van der Waals surface area contributed by atoms with Gasteiger partial charge in [0, 0.05) is 26.0 Å². The van der Waals surface area contributed by atoms with E-state index < -0.39 is 0 Å². The van der Waals surface area contributed by atoms with Crippen LogP contribution < -0.4 is 16.6 Å². The monoisotopic (exact) mass is 260 g/mol. The number of pyridine rings is 1. The number of nitrogens with one attached hydrogen (secondary N) is 2. The average Bonchev–Trinajstić information content (AvgIpc) is 2.84. The van der Waals surface area contributed by atoms with Crippen LogP contribution >= 0.6 is 0 Å². The van der Waals surface area contributed by atoms with Gasteiger partial charge < -0.3 is 10.7 Å². The fraction of sp³-hybridized carbons (Fsp3) is 0.250. The van der Waals surface area contributed by atoms with Crippen LogP contribution in [0.3, 0.4) is 0 Å². The van der Waals surface area contributed by atoms with Gasteiger partial charge in [-0.05, 0) is 18.1 Å². The van der Waals surface area contributed by atoms with Crippen molar-refractivity contribution in [3.8, 4) is 0 Å². The number of carbonyl (C=O) groups is 1. The third-order valence-corrected chi connectivity index (χ3v) is 2.68. The minimum Gasteiger partial charge on any atom is -0.352 e. The van der Waals surface area contributed by atoms with Crippen LogP contribution in [0.15, 0.2) is 30.9 Å². The van der Waals surface area contributed by atoms with Crippen LogP contribution in [-0.2, 0) is 13.5 Å². The summed E-state index contributed by atoms with van der Waals surface area (Å²) in [5.41, 5.74) is 4.51. The van der Waals surface area contributed by atoms with Crippen molar-refractivity contribution in [1.29, 1.82) is 0 Å². The van der Waals surface area contributed by atoms with E-state index in [1.807, 2.05) is 13.2 Å². The molecule has 2 aromatic heterocycles. The van der Waals surface area contributed by atoms with E-state index in [4.69, 9.17) is 5.84 Å². The van der Waals surface area contributed by atoms with Crippen molar-refractivity contribution in [3.63, 3.8) is 0 Å². The molecule has 0 atom stereocenters. The topological polar surface area (TPSA) is 97.9 Å². The zero-order valence-corrected chi connectivity index (χ0v) is 10.6. The Morgan fingerprint density at radius 1 is 1.47 bits per heavy atom. The van der Waals surface area contributed by atoms with Gasteiger partial charge in [-0.2, -0.15) is 5.10 Å². The van der Waals surface area contributed by atoms with Gasteiger partial charge in [0.15, 0.2) is 0 Å². The Balaban J connectivity index is 1.90. The quantitative estimate of drug-likeness (QED) is 0.522. The lowest BCUT2D eigenvalue weighted by Crippen LogP contribution is -2.27. The zero-order chi connectivity index (χ0) is 13.7. The summed E-state index contributed by atoms with van der Waals surface area (Å²) in [5, 5.41) is 6.90. The first kappa shape index (κ1) is 13.0. The molecule has 2 aromatic rings. The number of aromatic nitrogens is 3. The Kier molecular flexibility index (Phi) is 4.09. The van der Waals surface area contributed by atoms with Gasteiger partial charge in [-0.1, -0.05) is 0 Å². The Morgan fingerprint density at radius 2 is 2.32 bits per heavy atom. The highest BCUT2D eigenvalue weighted by molar-refractivity contribution is 5.99. The number of hydrogen-bond donors (Lipinski definition) is 3. The first-order valence-electron chi connectivity index (χ1n) is 5.87. The summed E-state index contributed by atoms with van der Waals surface area (Å²) in [7, 11) is 1.86. The van der Waals surface area contributed by atoms with Gasteiger partial charge in [-0.15, -0.1) is 0 Å². The molecule has 0 aliphatic rings. The third kappa shape index (κ3) is 3.29. The largest absolute Gasteiger partial charge is 0.352 e. The zero-order valence-electron chi connectivity index (χ0n) is 10.6. The van der Waals surface area contributed by atoms with Crippen LogP contribution in [0, 0.1) is 0 Å². The fourth-order valence-corrected chi connectivity index (χ4v) is 1.72. The van der Waals surface area contributed by atoms with Crippen molar-refractivity contribution in [2.45, 2.75) is 6.42 Å². The standard InChI is InChI=1S/C12H16N6O/c1-18-8-9(6-16-18)2-5-15-12(19)10-3-4-14-7-11(10)17-13/h3-4,6-8,17H,2,5,13H2,1H3,(H,15,19). The maximum atomic E-state index is 12.0. The summed E-state index contributed by atoms with van der Waals surface area (Å²) >= 11 is 0. The van der Waals surface area contributed by atoms with Crippen molar-refractivity contribution in [2.75, 3.05) is 12.0 Å². The molecule has 1 amide bonds. The number of carbonyl (C=O) groups excluding carboxylic acids is 1. The van der Waals surface area contributed by atoms with E-state index in [0.29, 0.717) is 17.8 Å². The molecular formula is C12H16N6O. The van der Waals surface area contributed by atoms with Gasteiger partial charge in [0.25, 0.3) is 5.91 Å². The SMILES string of the molecule is Cn1cc(CCNC(=O)c2ccncc2NN)cn1. The summed E-state index contributed by atoms with van der Waals surface area (Å²) in [6.07, 6.45) is 7.50. The van der Waals surface area contributed by atoms with E-state index in [-0.39, 0.29) is 5.91 Å². The number of hydrazine groups is 1. The maximum Gasteiger partial charge on any atom is 0.253 e. The van der Waals surface area contributed by atoms with E-state index >= 15 is 0 Å². The van der Waals surface area contributed by atoms with Gasteiger partial charge in [0.05, 0.1) is 23.6 Å². The number of nitrogens with zero attached hydrogens (tertiary/aromatic N) is 3. The maximum absolute atomic E-state index is 12.0. The molecule has 0 unspecified atom stereocenters. The first-order chi connectivity index (χ1) is 9.20. The molecule has 7 nitrogen and oxygen atoms in total. The van der Waals surface area contributed by atoms with Crippen molar-refractivity contribution in [1.82, 2.24) is 20.1 Å². The molecule has 0 aliphatic carbocycles. The predicted octanol–water partition coefficient (Wildman–Crippen LogP) is 0.0732. The van der Waals surface area contributed by atoms with Gasteiger partial charge in [0.2, 0.25) is 0 Å². The van der Waals surface area contributed by atoms with Crippen molar-refractivity contribution in [3.05, 3.63) is 42.0 Å². The van der Waals surface area contributed by atoms with Crippen LogP contribution in [0.2, 0.25) is 0 Å². The number of hydrogen-bond acceptors (Lipinski definition) is 5. The Morgan fingerprint density at radius 3 is 3.00 bits per heavy atom. The molecule has 4 N–H and O–H groups in total. The molecule has 19 heavy (non-hydrogen) atoms. The molecule has 0 saturated heterocycles. The van der Waals surface area contributed by atoms with Gasteiger partial charge in [0.1, 0.15) is 0 Å². The molecule has 0 fully saturated rings. The molecular weight excluding hydrogens is 244 g/mol. The molecule has 0 aliphatic heterocycles. The highest BCUT2D eigenvalue weighted by Crippen LogP contribution is 2.11. The van der Waals surface area contributed by atoms with Gasteiger partial charge >= 0.3 is 0 Å². The number of nitrogen functional groups attached to an aromatic ring is 1. The summed E-state index contributed by atoms with van der Waals surface area (Å²) in [6, 6.07) is 1.62. The Labute approximate surface area is 110 Å². The highest BCUT2D eigenvalue weighted by atomic mass is 16.1. The highest BCUT2D eigenvalue weighted by Gasteiger charge is 2.10. The second kappa shape index (κ2) is 5.96. The minimum absolute atomic E-state index is 0.181. The summed E-state index contributed by atoms with van der Waals surface area (Å²) in [6.45, 7) is 0.539. The fourth-order valence-electron chi connectivity index (χ4n) is 1.72. The normalized spacial score (nSPS) is 10.2. The molecule has 100 valence electrons. The van der Waals surface area contributed by atoms with E-state index in [2.05, 4.69) is 20.8 Å². The second-order valence-electron chi connectivity index (χ2n) is 4.09. The molecule has 0 saturated carbocycles. The Bertz CT molecular complexity index is 565. The number of rotatable bonds is 5. The lowest BCUT2D eigenvalue weighted by Gasteiger charge is -2.08. The first-order valence-corrected chi connectivity index (χ1v) is 5.87. The third-order valence-electron chi connectivity index (χ3n) is 2.68. The number of anilines is 1. The smallest absolute Gasteiger partial charge is 0.253 e. The minimum atomic E-state index is -0.181. The van der Waals surface area contributed by atoms with Gasteiger partial charge in [-0.3, -0.25) is 20.3 Å². The predicted molar refractivity (Wildman–Crippen MR) is 71.3 cm³/mol. The van der Waals surface area contributed by atoms with Crippen molar-refractivity contribution >= 4 is 11.6 Å². The molecule has 0 aromatic carbocycles. The van der Waals surface area contributed by atoms with Gasteiger partial charge in [-0.25, -0.2) is 0 Å². The lowest BCUT2D eigenvalue weighted by atomic mass is 10.2. The van der Waals surface area contributed by atoms with E-state index in [1.165, 1.54) is 6.20 Å². The molecule has 0 spiro atoms. The molecule has 7 heteroatoms. The summed E-state index contributed by atoms with van der Waals surface area (Å²) in [5.74, 6) is 5.15. The number of amides is 1. The van der Waals surface area contributed by atoms with E-state index in [9.17, 15) is 4.79 Å². The van der Waals surface area contributed by atoms with Crippen LogP contribution in [0.1, 0.15) is 15.9 Å². The number of aryl methyl sites for hydroxylation is 1. The molecule has 0 radical (unpaired) electrons. The molecule has 0 bridgehead atoms. The van der Waals surface area contributed by atoms with Crippen LogP contribution in [0.5, 0.6) is 0 Å². The van der Waals surface area contributed by atoms with Crippen LogP contribution in [0.4, 0.5) is 5.69 Å². The lowest BCUT2D eigenvalue weighted by molar-refractivity contribution is 0.0955. The summed E-state index contributed by atoms with van der Waals surface area (Å²) < 4.78 is 1.73. The Hall–Kier alpha value is -2.41. The van der Waals surface area contributed by atoms with Crippen LogP contribution in [0.25, 0.3) is 0 Å². The average molecular weight is 260 g/mol. The van der Waals surface area contributed by atoms with Crippen molar-refractivity contribution < 1.29 is 4.79 Å². The molecule has 2 rings (SSSR count). The summed E-state index contributed by atoms with van der Waals surface area (Å²) in [4.78, 5) is 15.9. The van der Waals surface area contributed by atoms with Crippen molar-refractivity contribution in [2.24, 2.45) is 12.9 Å². The number of nitrogens with two attached hydrogens (primary N) is 1. The second-order valence-corrected chi connectivity index (χ2v) is 4.09. The van der Waals surface area contributed by atoms with E-state index in [1.54, 1.807) is 23.1 Å². The van der Waals surface area contributed by atoms with E-state index in [0.717, 1.165) is 12.0 Å². The molecule has 2 heterocycles. The van der Waals surface area contributed by atoms with Crippen LogP contribution in [-0.4, -0.2) is 27.2 Å².